The van der Waals surface area contributed by atoms with E-state index >= 15 is 0 Å². The van der Waals surface area contributed by atoms with Crippen LogP contribution in [0, 0.1) is 5.92 Å². The van der Waals surface area contributed by atoms with Crippen LogP contribution in [0.3, 0.4) is 0 Å². The molecular formula is C17H28N2O3S. The van der Waals surface area contributed by atoms with Gasteiger partial charge in [-0.25, -0.2) is 8.57 Å². The molecular weight excluding hydrogens is 312 g/mol. The van der Waals surface area contributed by atoms with Crippen molar-refractivity contribution in [3.05, 3.63) is 18.2 Å². The van der Waals surface area contributed by atoms with Crippen molar-refractivity contribution in [1.29, 1.82) is 0 Å². The van der Waals surface area contributed by atoms with Gasteiger partial charge >= 0.3 is 0 Å². The molecule has 5 nitrogen and oxygen atoms in total. The van der Waals surface area contributed by atoms with Crippen molar-refractivity contribution in [2.75, 3.05) is 38.4 Å². The Balaban J connectivity index is 2.24. The smallest absolute Gasteiger partial charge is 0.143 e. The maximum Gasteiger partial charge on any atom is 0.143 e. The molecule has 1 aromatic carbocycles. The minimum Gasteiger partial charge on any atom is -0.495 e. The van der Waals surface area contributed by atoms with Gasteiger partial charge in [-0.15, -0.1) is 0 Å². The van der Waals surface area contributed by atoms with E-state index in [0.717, 1.165) is 30.0 Å². The number of anilines is 1. The first-order valence-corrected chi connectivity index (χ1v) is 10.1. The van der Waals surface area contributed by atoms with E-state index in [9.17, 15) is 4.21 Å². The zero-order chi connectivity index (χ0) is 16.9. The second-order valence-corrected chi connectivity index (χ2v) is 8.68. The van der Waals surface area contributed by atoms with Gasteiger partial charge in [0, 0.05) is 26.0 Å². The van der Waals surface area contributed by atoms with E-state index in [1.54, 1.807) is 13.4 Å². The molecule has 1 unspecified atom stereocenters. The van der Waals surface area contributed by atoms with Crippen LogP contribution in [-0.4, -0.2) is 43.4 Å². The van der Waals surface area contributed by atoms with Crippen LogP contribution in [0.25, 0.3) is 0 Å². The van der Waals surface area contributed by atoms with Crippen LogP contribution in [0.1, 0.15) is 26.7 Å². The number of hydrogen-bond donors (Lipinski definition) is 1. The highest BCUT2D eigenvalue weighted by Crippen LogP contribution is 2.29. The lowest BCUT2D eigenvalue weighted by molar-refractivity contribution is 0.0874. The zero-order valence-electron chi connectivity index (χ0n) is 14.5. The van der Waals surface area contributed by atoms with E-state index in [0.29, 0.717) is 24.9 Å². The molecule has 1 aliphatic heterocycles. The fourth-order valence-electron chi connectivity index (χ4n) is 2.50. The summed E-state index contributed by atoms with van der Waals surface area (Å²) in [6.45, 7) is 6.57. The van der Waals surface area contributed by atoms with Gasteiger partial charge in [-0.2, -0.15) is 0 Å². The van der Waals surface area contributed by atoms with Gasteiger partial charge in [-0.3, -0.25) is 0 Å². The molecule has 0 radical (unpaired) electrons. The Morgan fingerprint density at radius 3 is 2.70 bits per heavy atom. The summed E-state index contributed by atoms with van der Waals surface area (Å²) in [5.41, 5.74) is 0.922. The number of nitrogens with one attached hydrogen (secondary N) is 1. The lowest BCUT2D eigenvalue weighted by Crippen LogP contribution is -2.20. The van der Waals surface area contributed by atoms with E-state index in [4.69, 9.17) is 9.47 Å². The number of rotatable bonds is 6. The van der Waals surface area contributed by atoms with Crippen molar-refractivity contribution < 1.29 is 13.7 Å². The number of nitrogens with zero attached hydrogens (tertiary/aromatic N) is 1. The number of methoxy groups -OCH3 is 1. The Morgan fingerprint density at radius 1 is 1.39 bits per heavy atom. The average Bonchev–Trinajstić information content (AvgIpc) is 2.53. The first-order chi connectivity index (χ1) is 10.9. The molecule has 2 rings (SSSR count). The Kier molecular flexibility index (Phi) is 6.30. The zero-order valence-corrected chi connectivity index (χ0v) is 15.3. The summed E-state index contributed by atoms with van der Waals surface area (Å²) in [5, 5.41) is 3.36. The van der Waals surface area contributed by atoms with Crippen LogP contribution in [0.2, 0.25) is 0 Å². The van der Waals surface area contributed by atoms with Crippen molar-refractivity contribution in [2.45, 2.75) is 37.6 Å². The van der Waals surface area contributed by atoms with Gasteiger partial charge in [0.2, 0.25) is 0 Å². The lowest BCUT2D eigenvalue weighted by Gasteiger charge is -2.20. The second-order valence-electron chi connectivity index (χ2n) is 6.39. The highest BCUT2D eigenvalue weighted by molar-refractivity contribution is 7.93. The molecule has 1 aliphatic rings. The largest absolute Gasteiger partial charge is 0.495 e. The van der Waals surface area contributed by atoms with Crippen molar-refractivity contribution in [1.82, 2.24) is 0 Å². The van der Waals surface area contributed by atoms with E-state index in [-0.39, 0.29) is 6.04 Å². The van der Waals surface area contributed by atoms with Crippen LogP contribution in [0.4, 0.5) is 5.69 Å². The Morgan fingerprint density at radius 2 is 2.09 bits per heavy atom. The maximum atomic E-state index is 13.0. The predicted octanol–water partition coefficient (Wildman–Crippen LogP) is 3.40. The standard InChI is InChI=1S/C17H28N2O3S/c1-13(2)12-18-16-6-5-15(11-17(16)21-3)23(4,20)19-14-7-9-22-10-8-14/h5-6,11,13-14,18H,7-10,12H2,1-4H3. The summed E-state index contributed by atoms with van der Waals surface area (Å²) < 4.78 is 28.4. The molecule has 1 heterocycles. The van der Waals surface area contributed by atoms with E-state index in [1.807, 2.05) is 18.2 Å². The van der Waals surface area contributed by atoms with Crippen LogP contribution < -0.4 is 10.1 Å². The number of ether oxygens (including phenoxy) is 2. The molecule has 1 fully saturated rings. The first kappa shape index (κ1) is 18.1. The molecule has 1 saturated heterocycles. The maximum absolute atomic E-state index is 13.0. The van der Waals surface area contributed by atoms with Crippen molar-refractivity contribution in [3.63, 3.8) is 0 Å². The van der Waals surface area contributed by atoms with Gasteiger partial charge in [0.25, 0.3) is 0 Å². The molecule has 0 amide bonds. The molecule has 0 saturated carbocycles. The predicted molar refractivity (Wildman–Crippen MR) is 94.9 cm³/mol. The lowest BCUT2D eigenvalue weighted by atomic mass is 10.1. The van der Waals surface area contributed by atoms with E-state index in [1.165, 1.54) is 0 Å². The average molecular weight is 340 g/mol. The minimum absolute atomic E-state index is 0.117. The summed E-state index contributed by atoms with van der Waals surface area (Å²) >= 11 is 0. The van der Waals surface area contributed by atoms with Crippen molar-refractivity contribution in [2.24, 2.45) is 10.3 Å². The van der Waals surface area contributed by atoms with Gasteiger partial charge in [-0.1, -0.05) is 13.8 Å². The van der Waals surface area contributed by atoms with Crippen molar-refractivity contribution in [3.8, 4) is 5.75 Å². The quantitative estimate of drug-likeness (QED) is 0.862. The third-order valence-corrected chi connectivity index (χ3v) is 5.68. The molecule has 130 valence electrons. The SMILES string of the molecule is COc1cc(S(C)(=O)=NC2CCOCC2)ccc1NCC(C)C. The van der Waals surface area contributed by atoms with Gasteiger partial charge in [0.15, 0.2) is 0 Å². The second kappa shape index (κ2) is 8.02. The summed E-state index contributed by atoms with van der Waals surface area (Å²) in [5.74, 6) is 1.25. The fraction of sp³-hybridized carbons (Fsp3) is 0.647. The van der Waals surface area contributed by atoms with E-state index < -0.39 is 9.73 Å². The molecule has 0 aromatic heterocycles. The van der Waals surface area contributed by atoms with Gasteiger partial charge in [-0.05, 0) is 37.0 Å². The Bertz CT molecular complexity index is 631. The highest BCUT2D eigenvalue weighted by atomic mass is 32.2. The molecule has 23 heavy (non-hydrogen) atoms. The van der Waals surface area contributed by atoms with Crippen LogP contribution in [0.5, 0.6) is 5.75 Å². The summed E-state index contributed by atoms with van der Waals surface area (Å²) in [7, 11) is -0.797. The molecule has 1 N–H and O–H groups in total. The molecule has 1 aromatic rings. The minimum atomic E-state index is -2.43. The van der Waals surface area contributed by atoms with Gasteiger partial charge < -0.3 is 14.8 Å². The fourth-order valence-corrected chi connectivity index (χ4v) is 4.05. The number of benzene rings is 1. The van der Waals surface area contributed by atoms with Crippen molar-refractivity contribution >= 4 is 15.4 Å². The van der Waals surface area contributed by atoms with Crippen LogP contribution in [0.15, 0.2) is 27.5 Å². The van der Waals surface area contributed by atoms with Gasteiger partial charge in [0.1, 0.15) is 5.75 Å². The molecule has 0 bridgehead atoms. The molecule has 0 spiro atoms. The van der Waals surface area contributed by atoms with Gasteiger partial charge in [0.05, 0.1) is 33.5 Å². The summed E-state index contributed by atoms with van der Waals surface area (Å²) in [4.78, 5) is 0.718. The summed E-state index contributed by atoms with van der Waals surface area (Å²) in [6.07, 6.45) is 3.39. The Labute approximate surface area is 139 Å². The summed E-state index contributed by atoms with van der Waals surface area (Å²) in [6, 6.07) is 5.77. The van der Waals surface area contributed by atoms with E-state index in [2.05, 4.69) is 23.5 Å². The monoisotopic (exact) mass is 340 g/mol. The molecule has 1 atom stereocenters. The third-order valence-electron chi connectivity index (χ3n) is 3.85. The van der Waals surface area contributed by atoms with Crippen LogP contribution in [-0.2, 0) is 14.5 Å². The first-order valence-electron chi connectivity index (χ1n) is 8.13. The third kappa shape index (κ3) is 5.11. The Hall–Kier alpha value is -1.27. The molecule has 6 heteroatoms. The van der Waals surface area contributed by atoms with Crippen LogP contribution >= 0.6 is 0 Å². The number of hydrogen-bond acceptors (Lipinski definition) is 5. The normalized spacial score (nSPS) is 18.5. The molecule has 0 aliphatic carbocycles. The topological polar surface area (TPSA) is 59.9 Å². The highest BCUT2D eigenvalue weighted by Gasteiger charge is 2.17.